The molecule has 22 heteroatoms. The molecule has 0 aliphatic heterocycles. The Morgan fingerprint density at radius 2 is 0.800 bits per heavy atom. The molecular weight excluding hydrogens is 786 g/mol. The first-order valence-corrected chi connectivity index (χ1v) is 20.8. The maximum Gasteiger partial charge on any atom is 0.326 e. The third-order valence-corrected chi connectivity index (χ3v) is 9.43. The number of nitrogens with one attached hydrogen (secondary N) is 7. The number of carbonyl (C=O) groups is 8. The SMILES string of the molecule is CC[C@H](NC(=O)CN)C(=O)N[C@H](C(=O)N[C@@H](CCCCN)C(=O)N[C@@H](CCCCN)C(=O)N[C@H](C(=O)N[C@@H](CCCCN)C(=O)N[C@@H](CC(C)C)C(=O)O)[C@@H](C)O)[C@@H](C)O. The van der Waals surface area contributed by atoms with Crippen LogP contribution in [-0.4, -0.2) is 143 Å². The highest BCUT2D eigenvalue weighted by molar-refractivity contribution is 5.97. The van der Waals surface area contributed by atoms with Gasteiger partial charge in [0.1, 0.15) is 42.3 Å². The first kappa shape index (κ1) is 55.5. The number of nitrogens with two attached hydrogens (primary N) is 4. The molecule has 0 saturated carbocycles. The summed E-state index contributed by atoms with van der Waals surface area (Å²) in [6, 6.07) is -9.39. The monoisotopic (exact) mass is 860 g/mol. The summed E-state index contributed by atoms with van der Waals surface area (Å²) in [5, 5.41) is 48.2. The van der Waals surface area contributed by atoms with Crippen molar-refractivity contribution in [3.63, 3.8) is 0 Å². The third kappa shape index (κ3) is 21.7. The Hall–Kier alpha value is -4.48. The number of unbranched alkanes of at least 4 members (excludes halogenated alkanes) is 3. The zero-order valence-electron chi connectivity index (χ0n) is 35.8. The van der Waals surface area contributed by atoms with Crippen molar-refractivity contribution in [2.24, 2.45) is 28.9 Å². The van der Waals surface area contributed by atoms with Gasteiger partial charge in [0, 0.05) is 0 Å². The van der Waals surface area contributed by atoms with E-state index in [0.29, 0.717) is 45.1 Å². The van der Waals surface area contributed by atoms with Gasteiger partial charge in [-0.05, 0) is 110 Å². The molecule has 7 amide bonds. The number of aliphatic carboxylic acids is 1. The van der Waals surface area contributed by atoms with Gasteiger partial charge >= 0.3 is 5.97 Å². The van der Waals surface area contributed by atoms with E-state index in [1.807, 2.05) is 0 Å². The zero-order chi connectivity index (χ0) is 45.9. The fraction of sp³-hybridized carbons (Fsp3) is 0.789. The molecule has 9 atom stereocenters. The Kier molecular flexibility index (Phi) is 28.3. The molecule has 0 unspecified atom stereocenters. The van der Waals surface area contributed by atoms with Crippen molar-refractivity contribution < 1.29 is 53.7 Å². The van der Waals surface area contributed by atoms with Gasteiger partial charge < -0.3 is 75.5 Å². The minimum Gasteiger partial charge on any atom is -0.480 e. The summed E-state index contributed by atoms with van der Waals surface area (Å²) >= 11 is 0. The molecule has 0 saturated heterocycles. The van der Waals surface area contributed by atoms with E-state index >= 15 is 0 Å². The second kappa shape index (κ2) is 30.5. The van der Waals surface area contributed by atoms with Gasteiger partial charge in [0.05, 0.1) is 18.8 Å². The lowest BCUT2D eigenvalue weighted by Crippen LogP contribution is -2.62. The number of hydrogen-bond acceptors (Lipinski definition) is 14. The van der Waals surface area contributed by atoms with E-state index < -0.39 is 102 Å². The van der Waals surface area contributed by atoms with Crippen LogP contribution in [-0.2, 0) is 38.4 Å². The first-order chi connectivity index (χ1) is 28.3. The number of aliphatic hydroxyl groups is 2. The number of hydrogen-bond donors (Lipinski definition) is 14. The van der Waals surface area contributed by atoms with Crippen LogP contribution in [0.4, 0.5) is 0 Å². The van der Waals surface area contributed by atoms with Crippen LogP contribution in [0.2, 0.25) is 0 Å². The fourth-order valence-electron chi connectivity index (χ4n) is 5.97. The smallest absolute Gasteiger partial charge is 0.326 e. The van der Waals surface area contributed by atoms with E-state index in [0.717, 1.165) is 0 Å². The van der Waals surface area contributed by atoms with Crippen LogP contribution < -0.4 is 60.2 Å². The van der Waals surface area contributed by atoms with Gasteiger partial charge in [-0.15, -0.1) is 0 Å². The van der Waals surface area contributed by atoms with Crippen molar-refractivity contribution in [3.8, 4) is 0 Å². The molecule has 22 nitrogen and oxygen atoms in total. The minimum atomic E-state index is -1.64. The lowest BCUT2D eigenvalue weighted by molar-refractivity contribution is -0.143. The Morgan fingerprint density at radius 1 is 0.467 bits per heavy atom. The van der Waals surface area contributed by atoms with Crippen LogP contribution in [0.3, 0.4) is 0 Å². The third-order valence-electron chi connectivity index (χ3n) is 9.43. The molecule has 60 heavy (non-hydrogen) atoms. The summed E-state index contributed by atoms with van der Waals surface area (Å²) in [6.07, 6.45) is -0.112. The normalized spacial score (nSPS) is 15.7. The topological polar surface area (TPSA) is 386 Å². The molecule has 0 aliphatic carbocycles. The van der Waals surface area contributed by atoms with Crippen molar-refractivity contribution in [2.75, 3.05) is 26.2 Å². The van der Waals surface area contributed by atoms with Gasteiger partial charge in [0.25, 0.3) is 0 Å². The summed E-state index contributed by atoms with van der Waals surface area (Å²) in [5.74, 6) is -7.12. The van der Waals surface area contributed by atoms with Crippen LogP contribution in [0.25, 0.3) is 0 Å². The number of carbonyl (C=O) groups excluding carboxylic acids is 7. The molecule has 18 N–H and O–H groups in total. The fourth-order valence-corrected chi connectivity index (χ4v) is 5.97. The van der Waals surface area contributed by atoms with Crippen molar-refractivity contribution in [3.05, 3.63) is 0 Å². The molecule has 0 heterocycles. The van der Waals surface area contributed by atoms with E-state index in [9.17, 15) is 53.7 Å². The lowest BCUT2D eigenvalue weighted by atomic mass is 10.0. The van der Waals surface area contributed by atoms with Crippen LogP contribution in [0.1, 0.15) is 105 Å². The highest BCUT2D eigenvalue weighted by atomic mass is 16.4. The van der Waals surface area contributed by atoms with Crippen LogP contribution in [0, 0.1) is 5.92 Å². The summed E-state index contributed by atoms with van der Waals surface area (Å²) in [4.78, 5) is 105. The van der Waals surface area contributed by atoms with Crippen LogP contribution in [0.5, 0.6) is 0 Å². The Labute approximate surface area is 352 Å². The van der Waals surface area contributed by atoms with E-state index in [4.69, 9.17) is 22.9 Å². The Morgan fingerprint density at radius 3 is 1.10 bits per heavy atom. The lowest BCUT2D eigenvalue weighted by Gasteiger charge is -2.29. The summed E-state index contributed by atoms with van der Waals surface area (Å²) < 4.78 is 0. The maximum atomic E-state index is 13.9. The molecule has 0 aliphatic rings. The van der Waals surface area contributed by atoms with E-state index in [1.165, 1.54) is 13.8 Å². The van der Waals surface area contributed by atoms with Gasteiger partial charge in [-0.1, -0.05) is 20.8 Å². The molecular formula is C38H73N11O11. The largest absolute Gasteiger partial charge is 0.480 e. The van der Waals surface area contributed by atoms with Gasteiger partial charge in [-0.3, -0.25) is 33.6 Å². The summed E-state index contributed by atoms with van der Waals surface area (Å²) in [5.41, 5.74) is 22.3. The molecule has 0 aromatic carbocycles. The predicted octanol–water partition coefficient (Wildman–Crippen LogP) is -3.97. The highest BCUT2D eigenvalue weighted by Gasteiger charge is 2.36. The number of aliphatic hydroxyl groups excluding tert-OH is 2. The van der Waals surface area contributed by atoms with Gasteiger partial charge in [-0.25, -0.2) is 4.79 Å². The standard InChI is InChI=1S/C38H73N11O11/c1-6-24(43-29(52)20-42)32(53)48-30(22(4)50)36(57)45-25(13-7-10-16-39)33(54)44-27(15-9-12-18-41)35(56)49-31(23(5)51)37(58)46-26(14-8-11-17-40)34(55)47-28(38(59)60)19-21(2)3/h21-28,30-31,50-51H,6-20,39-42H2,1-5H3,(H,43,52)(H,44,54)(H,45,57)(H,46,58)(H,47,55)(H,48,53)(H,49,56)(H,59,60)/t22-,23-,24+,25+,26+,27+,28+,30+,31+/m1/s1. The average Bonchev–Trinajstić information content (AvgIpc) is 3.18. The number of amides is 7. The van der Waals surface area contributed by atoms with E-state index in [2.05, 4.69) is 37.2 Å². The van der Waals surface area contributed by atoms with Crippen LogP contribution >= 0.6 is 0 Å². The average molecular weight is 860 g/mol. The molecule has 0 fully saturated rings. The predicted molar refractivity (Wildman–Crippen MR) is 222 cm³/mol. The molecule has 0 aromatic heterocycles. The maximum absolute atomic E-state index is 13.9. The molecule has 0 aromatic rings. The second-order valence-electron chi connectivity index (χ2n) is 15.3. The Bertz CT molecular complexity index is 1370. The first-order valence-electron chi connectivity index (χ1n) is 20.8. The number of carboxylic acids is 1. The summed E-state index contributed by atoms with van der Waals surface area (Å²) in [7, 11) is 0. The molecule has 0 rings (SSSR count). The zero-order valence-corrected chi connectivity index (χ0v) is 35.8. The highest BCUT2D eigenvalue weighted by Crippen LogP contribution is 2.10. The minimum absolute atomic E-state index is 0.0161. The van der Waals surface area contributed by atoms with Crippen molar-refractivity contribution in [1.82, 2.24) is 37.2 Å². The number of rotatable bonds is 32. The molecule has 346 valence electrons. The van der Waals surface area contributed by atoms with Gasteiger partial charge in [-0.2, -0.15) is 0 Å². The molecule has 0 radical (unpaired) electrons. The summed E-state index contributed by atoms with van der Waals surface area (Å²) in [6.45, 7) is 8.09. The van der Waals surface area contributed by atoms with Crippen molar-refractivity contribution >= 4 is 47.3 Å². The van der Waals surface area contributed by atoms with E-state index in [-0.39, 0.29) is 57.7 Å². The quantitative estimate of drug-likeness (QED) is 0.0287. The van der Waals surface area contributed by atoms with Gasteiger partial charge in [0.2, 0.25) is 41.4 Å². The van der Waals surface area contributed by atoms with Gasteiger partial charge in [0.15, 0.2) is 0 Å². The van der Waals surface area contributed by atoms with E-state index in [1.54, 1.807) is 20.8 Å². The van der Waals surface area contributed by atoms with Crippen molar-refractivity contribution in [1.29, 1.82) is 0 Å². The Balaban J connectivity index is 6.39. The molecule has 0 spiro atoms. The molecule has 0 bridgehead atoms. The second-order valence-corrected chi connectivity index (χ2v) is 15.3. The van der Waals surface area contributed by atoms with Crippen molar-refractivity contribution in [2.45, 2.75) is 160 Å². The van der Waals surface area contributed by atoms with Crippen LogP contribution in [0.15, 0.2) is 0 Å². The number of carboxylic acid groups (broad SMARTS) is 1.